The molecule has 1 aromatic heterocycles. The largest absolute Gasteiger partial charge is 0.490 e. The zero-order chi connectivity index (χ0) is 24.2. The van der Waals surface area contributed by atoms with E-state index in [-0.39, 0.29) is 24.0 Å². The molecule has 3 aromatic carbocycles. The molecule has 172 valence electrons. The number of aromatic nitrogens is 1. The van der Waals surface area contributed by atoms with Crippen molar-refractivity contribution >= 4 is 28.7 Å². The number of ether oxygens (including phenoxy) is 1. The molecule has 0 amide bonds. The van der Waals surface area contributed by atoms with Gasteiger partial charge in [-0.15, -0.1) is 0 Å². The molecule has 34 heavy (non-hydrogen) atoms. The van der Waals surface area contributed by atoms with E-state index in [1.54, 1.807) is 24.3 Å². The lowest BCUT2D eigenvalue weighted by Gasteiger charge is -2.14. The third kappa shape index (κ3) is 4.62. The standard InChI is InChI=1S/C28H24FNO4/c1-18(2)30-24-7-4-3-6-23(24)26(19-9-13-21(29)14-10-19)25(30)8-5-17-34-22-15-11-20(12-16-22)27(31)28(32)33/h3-16,18H,17H2,1-2H3,(H,32,33)/b8-5+. The summed E-state index contributed by atoms with van der Waals surface area (Å²) in [6.45, 7) is 4.51. The van der Waals surface area contributed by atoms with Crippen LogP contribution >= 0.6 is 0 Å². The van der Waals surface area contributed by atoms with Gasteiger partial charge >= 0.3 is 5.97 Å². The monoisotopic (exact) mass is 457 g/mol. The van der Waals surface area contributed by atoms with E-state index < -0.39 is 11.8 Å². The number of aliphatic carboxylic acids is 1. The molecule has 0 aliphatic rings. The Morgan fingerprint density at radius 2 is 1.68 bits per heavy atom. The summed E-state index contributed by atoms with van der Waals surface area (Å²) in [6, 6.07) is 20.8. The zero-order valence-corrected chi connectivity index (χ0v) is 18.9. The summed E-state index contributed by atoms with van der Waals surface area (Å²) in [7, 11) is 0. The van der Waals surface area contributed by atoms with Crippen molar-refractivity contribution in [3.63, 3.8) is 0 Å². The van der Waals surface area contributed by atoms with Crippen molar-refractivity contribution in [3.05, 3.63) is 95.9 Å². The fourth-order valence-corrected chi connectivity index (χ4v) is 4.05. The van der Waals surface area contributed by atoms with Gasteiger partial charge in [0.2, 0.25) is 0 Å². The third-order valence-corrected chi connectivity index (χ3v) is 5.53. The first-order valence-corrected chi connectivity index (χ1v) is 10.9. The number of hydrogen-bond donors (Lipinski definition) is 1. The average Bonchev–Trinajstić information content (AvgIpc) is 3.16. The highest BCUT2D eigenvalue weighted by atomic mass is 19.1. The van der Waals surface area contributed by atoms with Crippen LogP contribution in [0.1, 0.15) is 35.9 Å². The number of carboxylic acids is 1. The van der Waals surface area contributed by atoms with Crippen LogP contribution in [0, 0.1) is 5.82 Å². The highest BCUT2D eigenvalue weighted by Gasteiger charge is 2.18. The van der Waals surface area contributed by atoms with E-state index in [4.69, 9.17) is 9.84 Å². The van der Waals surface area contributed by atoms with Crippen LogP contribution in [0.3, 0.4) is 0 Å². The molecule has 0 fully saturated rings. The maximum Gasteiger partial charge on any atom is 0.377 e. The lowest BCUT2D eigenvalue weighted by molar-refractivity contribution is -0.131. The van der Waals surface area contributed by atoms with Crippen molar-refractivity contribution in [2.24, 2.45) is 0 Å². The summed E-state index contributed by atoms with van der Waals surface area (Å²) in [5.41, 5.74) is 4.14. The number of benzene rings is 3. The van der Waals surface area contributed by atoms with E-state index in [1.807, 2.05) is 24.3 Å². The lowest BCUT2D eigenvalue weighted by Crippen LogP contribution is -2.12. The molecule has 0 saturated heterocycles. The number of nitrogens with zero attached hydrogens (tertiary/aromatic N) is 1. The van der Waals surface area contributed by atoms with Gasteiger partial charge in [-0.05, 0) is 74.0 Å². The summed E-state index contributed by atoms with van der Waals surface area (Å²) in [5.74, 6) is -2.21. The smallest absolute Gasteiger partial charge is 0.377 e. The van der Waals surface area contributed by atoms with Gasteiger partial charge in [0.25, 0.3) is 5.78 Å². The Kier molecular flexibility index (Phi) is 6.59. The van der Waals surface area contributed by atoms with E-state index in [0.717, 1.165) is 27.7 Å². The van der Waals surface area contributed by atoms with E-state index >= 15 is 0 Å². The van der Waals surface area contributed by atoms with Crippen molar-refractivity contribution in [2.75, 3.05) is 6.61 Å². The summed E-state index contributed by atoms with van der Waals surface area (Å²) in [4.78, 5) is 22.3. The minimum Gasteiger partial charge on any atom is -0.490 e. The Balaban J connectivity index is 1.64. The second-order valence-corrected chi connectivity index (χ2v) is 8.12. The number of halogens is 1. The molecule has 1 heterocycles. The molecule has 1 N–H and O–H groups in total. The maximum absolute atomic E-state index is 13.6. The highest BCUT2D eigenvalue weighted by molar-refractivity contribution is 6.39. The van der Waals surface area contributed by atoms with Crippen LogP contribution in [-0.4, -0.2) is 28.0 Å². The summed E-state index contributed by atoms with van der Waals surface area (Å²) in [6.07, 6.45) is 3.90. The van der Waals surface area contributed by atoms with Crippen LogP contribution in [0.4, 0.5) is 4.39 Å². The summed E-state index contributed by atoms with van der Waals surface area (Å²) in [5, 5.41) is 9.89. The number of hydrogen-bond acceptors (Lipinski definition) is 3. The molecule has 0 unspecified atom stereocenters. The first kappa shape index (κ1) is 23.0. The number of carbonyl (C=O) groups excluding carboxylic acids is 1. The Bertz CT molecular complexity index is 1370. The number of fused-ring (bicyclic) bond motifs is 1. The normalized spacial score (nSPS) is 11.4. The topological polar surface area (TPSA) is 68.5 Å². The number of carbonyl (C=O) groups is 2. The number of para-hydroxylation sites is 1. The Labute approximate surface area is 196 Å². The number of rotatable bonds is 8. The first-order chi connectivity index (χ1) is 16.4. The molecular formula is C28H24FNO4. The van der Waals surface area contributed by atoms with Crippen LogP contribution in [0.5, 0.6) is 5.75 Å². The third-order valence-electron chi connectivity index (χ3n) is 5.53. The van der Waals surface area contributed by atoms with Crippen molar-refractivity contribution in [1.29, 1.82) is 0 Å². The predicted molar refractivity (Wildman–Crippen MR) is 131 cm³/mol. The van der Waals surface area contributed by atoms with Crippen LogP contribution in [0.25, 0.3) is 28.1 Å². The van der Waals surface area contributed by atoms with Gasteiger partial charge in [0.05, 0.1) is 0 Å². The van der Waals surface area contributed by atoms with Gasteiger partial charge in [0.15, 0.2) is 0 Å². The fourth-order valence-electron chi connectivity index (χ4n) is 4.05. The molecule has 0 atom stereocenters. The van der Waals surface area contributed by atoms with Gasteiger partial charge in [0, 0.05) is 33.8 Å². The van der Waals surface area contributed by atoms with Crippen LogP contribution in [-0.2, 0) is 4.79 Å². The molecule has 6 heteroatoms. The van der Waals surface area contributed by atoms with Gasteiger partial charge in [-0.3, -0.25) is 4.79 Å². The second-order valence-electron chi connectivity index (χ2n) is 8.12. The Hall–Kier alpha value is -4.19. The van der Waals surface area contributed by atoms with Crippen molar-refractivity contribution in [3.8, 4) is 16.9 Å². The van der Waals surface area contributed by atoms with Crippen LogP contribution in [0.2, 0.25) is 0 Å². The van der Waals surface area contributed by atoms with Gasteiger partial charge in [-0.2, -0.15) is 0 Å². The van der Waals surface area contributed by atoms with Gasteiger partial charge in [-0.25, -0.2) is 9.18 Å². The minimum absolute atomic E-state index is 0.0979. The highest BCUT2D eigenvalue weighted by Crippen LogP contribution is 2.37. The van der Waals surface area contributed by atoms with Gasteiger partial charge < -0.3 is 14.4 Å². The summed E-state index contributed by atoms with van der Waals surface area (Å²) < 4.78 is 21.6. The van der Waals surface area contributed by atoms with E-state index in [2.05, 4.69) is 30.5 Å². The fraction of sp³-hybridized carbons (Fsp3) is 0.143. The first-order valence-electron chi connectivity index (χ1n) is 10.9. The number of Topliss-reactive ketones (excluding diaryl/α,β-unsaturated/α-hetero) is 1. The average molecular weight is 458 g/mol. The predicted octanol–water partition coefficient (Wildman–Crippen LogP) is 6.39. The molecule has 0 saturated carbocycles. The Morgan fingerprint density at radius 3 is 2.32 bits per heavy atom. The van der Waals surface area contributed by atoms with E-state index in [9.17, 15) is 14.0 Å². The van der Waals surface area contributed by atoms with Crippen LogP contribution < -0.4 is 4.74 Å². The number of carboxylic acid groups (broad SMARTS) is 1. The minimum atomic E-state index is -1.49. The molecule has 0 aliphatic heterocycles. The molecule has 0 radical (unpaired) electrons. The number of ketones is 1. The molecule has 4 aromatic rings. The molecule has 0 bridgehead atoms. The molecule has 5 nitrogen and oxygen atoms in total. The quantitative estimate of drug-likeness (QED) is 0.246. The van der Waals surface area contributed by atoms with E-state index in [0.29, 0.717) is 5.75 Å². The molecule has 0 spiro atoms. The van der Waals surface area contributed by atoms with Crippen LogP contribution in [0.15, 0.2) is 78.9 Å². The van der Waals surface area contributed by atoms with Crippen molar-refractivity contribution < 1.29 is 23.8 Å². The zero-order valence-electron chi connectivity index (χ0n) is 18.9. The van der Waals surface area contributed by atoms with E-state index in [1.165, 1.54) is 24.3 Å². The molecule has 4 rings (SSSR count). The SMILES string of the molecule is CC(C)n1c(/C=C/COc2ccc(C(=O)C(=O)O)cc2)c(-c2ccc(F)cc2)c2ccccc21. The van der Waals surface area contributed by atoms with Gasteiger partial charge in [0.1, 0.15) is 18.2 Å². The van der Waals surface area contributed by atoms with Gasteiger partial charge in [-0.1, -0.05) is 30.3 Å². The van der Waals surface area contributed by atoms with Crippen molar-refractivity contribution in [1.82, 2.24) is 4.57 Å². The maximum atomic E-state index is 13.6. The summed E-state index contributed by atoms with van der Waals surface area (Å²) >= 11 is 0. The Morgan fingerprint density at radius 1 is 1.00 bits per heavy atom. The second kappa shape index (κ2) is 9.75. The lowest BCUT2D eigenvalue weighted by atomic mass is 10.0. The molecule has 0 aliphatic carbocycles. The molecular weight excluding hydrogens is 433 g/mol. The van der Waals surface area contributed by atoms with Crippen molar-refractivity contribution in [2.45, 2.75) is 19.9 Å².